The van der Waals surface area contributed by atoms with Gasteiger partial charge in [-0.15, -0.1) is 0 Å². The summed E-state index contributed by atoms with van der Waals surface area (Å²) >= 11 is 0. The van der Waals surface area contributed by atoms with Crippen LogP contribution in [0.15, 0.2) is 67.1 Å². The zero-order chi connectivity index (χ0) is 21.2. The van der Waals surface area contributed by atoms with Crippen LogP contribution < -0.4 is 4.74 Å². The summed E-state index contributed by atoms with van der Waals surface area (Å²) in [6, 6.07) is 16.6. The Balaban J connectivity index is 1.26. The summed E-state index contributed by atoms with van der Waals surface area (Å²) in [5.74, 6) is 0.973. The van der Waals surface area contributed by atoms with Crippen LogP contribution in [-0.2, 0) is 7.05 Å². The molecular formula is C24H27N5O2. The van der Waals surface area contributed by atoms with Crippen LogP contribution in [-0.4, -0.2) is 62.3 Å². The van der Waals surface area contributed by atoms with E-state index < -0.39 is 0 Å². The number of ether oxygens (including phenoxy) is 1. The number of hydrogen-bond donors (Lipinski definition) is 0. The molecule has 1 aromatic carbocycles. The second-order valence-corrected chi connectivity index (χ2v) is 8.25. The van der Waals surface area contributed by atoms with E-state index in [0.29, 0.717) is 11.7 Å². The van der Waals surface area contributed by atoms with Gasteiger partial charge in [-0.2, -0.15) is 5.10 Å². The SMILES string of the molecule is Cn1nccc1C(=O)N1CCC(N2C[C@H](Oc3ccccc3)[C@@H]2c2ccncc2)CC1. The molecule has 0 unspecified atom stereocenters. The molecule has 0 aliphatic carbocycles. The van der Waals surface area contributed by atoms with E-state index in [1.165, 1.54) is 5.56 Å². The molecule has 160 valence electrons. The lowest BCUT2D eigenvalue weighted by Crippen LogP contribution is -2.61. The minimum atomic E-state index is 0.0676. The van der Waals surface area contributed by atoms with Gasteiger partial charge in [0.2, 0.25) is 0 Å². The number of hydrogen-bond acceptors (Lipinski definition) is 5. The van der Waals surface area contributed by atoms with Crippen molar-refractivity contribution >= 4 is 5.91 Å². The summed E-state index contributed by atoms with van der Waals surface area (Å²) in [6.07, 6.45) is 7.40. The number of carbonyl (C=O) groups is 1. The molecule has 4 heterocycles. The molecule has 0 N–H and O–H groups in total. The average Bonchev–Trinajstić information content (AvgIpc) is 3.23. The van der Waals surface area contributed by atoms with Crippen LogP contribution in [0, 0.1) is 0 Å². The van der Waals surface area contributed by atoms with E-state index in [0.717, 1.165) is 38.2 Å². The molecule has 0 bridgehead atoms. The van der Waals surface area contributed by atoms with E-state index in [-0.39, 0.29) is 18.1 Å². The summed E-state index contributed by atoms with van der Waals surface area (Å²) in [7, 11) is 1.81. The number of para-hydroxylation sites is 1. The fourth-order valence-corrected chi connectivity index (χ4v) is 4.76. The van der Waals surface area contributed by atoms with Crippen molar-refractivity contribution in [1.29, 1.82) is 0 Å². The van der Waals surface area contributed by atoms with Crippen LogP contribution in [0.25, 0.3) is 0 Å². The summed E-state index contributed by atoms with van der Waals surface area (Å²) in [5, 5.41) is 4.13. The summed E-state index contributed by atoms with van der Waals surface area (Å²) < 4.78 is 7.97. The topological polar surface area (TPSA) is 63.5 Å². The van der Waals surface area contributed by atoms with Gasteiger partial charge in [0.1, 0.15) is 17.5 Å². The van der Waals surface area contributed by atoms with Gasteiger partial charge in [0.15, 0.2) is 0 Å². The van der Waals surface area contributed by atoms with E-state index in [2.05, 4.69) is 27.1 Å². The predicted molar refractivity (Wildman–Crippen MR) is 117 cm³/mol. The Morgan fingerprint density at radius 1 is 1.00 bits per heavy atom. The van der Waals surface area contributed by atoms with Crippen molar-refractivity contribution in [3.05, 3.63) is 78.4 Å². The van der Waals surface area contributed by atoms with E-state index in [1.807, 2.05) is 54.7 Å². The Labute approximate surface area is 182 Å². The Morgan fingerprint density at radius 3 is 2.42 bits per heavy atom. The fourth-order valence-electron chi connectivity index (χ4n) is 4.76. The number of rotatable bonds is 5. The molecular weight excluding hydrogens is 390 g/mol. The van der Waals surface area contributed by atoms with Gasteiger partial charge in [0, 0.05) is 51.3 Å². The van der Waals surface area contributed by atoms with Crippen LogP contribution in [0.5, 0.6) is 5.75 Å². The Kier molecular flexibility index (Phi) is 5.42. The fraction of sp³-hybridized carbons (Fsp3) is 0.375. The lowest BCUT2D eigenvalue weighted by Gasteiger charge is -2.53. The van der Waals surface area contributed by atoms with Crippen LogP contribution in [0.3, 0.4) is 0 Å². The van der Waals surface area contributed by atoms with Gasteiger partial charge in [0.25, 0.3) is 5.91 Å². The van der Waals surface area contributed by atoms with Gasteiger partial charge < -0.3 is 9.64 Å². The van der Waals surface area contributed by atoms with Crippen molar-refractivity contribution in [3.8, 4) is 5.75 Å². The van der Waals surface area contributed by atoms with Gasteiger partial charge in [-0.05, 0) is 48.7 Å². The second-order valence-electron chi connectivity index (χ2n) is 8.25. The number of likely N-dealkylation sites (tertiary alicyclic amines) is 2. The van der Waals surface area contributed by atoms with E-state index in [1.54, 1.807) is 16.9 Å². The zero-order valence-corrected chi connectivity index (χ0v) is 17.7. The van der Waals surface area contributed by atoms with Crippen molar-refractivity contribution in [2.75, 3.05) is 19.6 Å². The minimum absolute atomic E-state index is 0.0676. The standard InChI is InChI=1S/C24H27N5O2/c1-27-21(9-14-26-27)24(30)28-15-10-19(11-16-28)29-17-22(31-20-5-3-2-4-6-20)23(29)18-7-12-25-13-8-18/h2-9,12-14,19,22-23H,10-11,15-17H2,1H3/t22-,23-/m0/s1. The minimum Gasteiger partial charge on any atom is -0.487 e. The summed E-state index contributed by atoms with van der Waals surface area (Å²) in [5.41, 5.74) is 1.88. The molecule has 0 spiro atoms. The van der Waals surface area contributed by atoms with Gasteiger partial charge in [0.05, 0.1) is 6.04 Å². The van der Waals surface area contributed by atoms with Crippen LogP contribution >= 0.6 is 0 Å². The molecule has 2 aromatic heterocycles. The lowest BCUT2D eigenvalue weighted by atomic mass is 9.87. The number of aryl methyl sites for hydroxylation is 1. The molecule has 0 saturated carbocycles. The molecule has 2 atom stereocenters. The third-order valence-corrected chi connectivity index (χ3v) is 6.44. The molecule has 5 rings (SSSR count). The van der Waals surface area contributed by atoms with Gasteiger partial charge >= 0.3 is 0 Å². The third kappa shape index (κ3) is 3.93. The Morgan fingerprint density at radius 2 is 1.74 bits per heavy atom. The number of carbonyl (C=O) groups excluding carboxylic acids is 1. The van der Waals surface area contributed by atoms with E-state index >= 15 is 0 Å². The maximum absolute atomic E-state index is 12.8. The van der Waals surface area contributed by atoms with Crippen molar-refractivity contribution in [2.45, 2.75) is 31.0 Å². The molecule has 2 fully saturated rings. The molecule has 31 heavy (non-hydrogen) atoms. The Hall–Kier alpha value is -3.19. The molecule has 2 saturated heterocycles. The first-order valence-corrected chi connectivity index (χ1v) is 10.9. The maximum Gasteiger partial charge on any atom is 0.272 e. The predicted octanol–water partition coefficient (Wildman–Crippen LogP) is 2.92. The highest BCUT2D eigenvalue weighted by atomic mass is 16.5. The van der Waals surface area contributed by atoms with E-state index in [4.69, 9.17) is 4.74 Å². The largest absolute Gasteiger partial charge is 0.487 e. The summed E-state index contributed by atoms with van der Waals surface area (Å²) in [6.45, 7) is 2.42. The van der Waals surface area contributed by atoms with Crippen molar-refractivity contribution in [1.82, 2.24) is 24.6 Å². The number of benzene rings is 1. The van der Waals surface area contributed by atoms with Crippen LogP contribution in [0.1, 0.15) is 34.9 Å². The van der Waals surface area contributed by atoms with Gasteiger partial charge in [-0.3, -0.25) is 19.4 Å². The quantitative estimate of drug-likeness (QED) is 0.639. The molecule has 2 aliphatic rings. The first kappa shape index (κ1) is 19.8. The molecule has 0 radical (unpaired) electrons. The number of pyridine rings is 1. The second kappa shape index (κ2) is 8.51. The monoisotopic (exact) mass is 417 g/mol. The molecule has 2 aliphatic heterocycles. The van der Waals surface area contributed by atoms with E-state index in [9.17, 15) is 4.79 Å². The smallest absolute Gasteiger partial charge is 0.272 e. The highest BCUT2D eigenvalue weighted by Gasteiger charge is 2.46. The van der Waals surface area contributed by atoms with Crippen LogP contribution in [0.2, 0.25) is 0 Å². The number of piperidine rings is 1. The van der Waals surface area contributed by atoms with Crippen molar-refractivity contribution < 1.29 is 9.53 Å². The zero-order valence-electron chi connectivity index (χ0n) is 17.7. The lowest BCUT2D eigenvalue weighted by molar-refractivity contribution is -0.0843. The molecule has 3 aromatic rings. The van der Waals surface area contributed by atoms with Gasteiger partial charge in [-0.25, -0.2) is 0 Å². The highest BCUT2D eigenvalue weighted by Crippen LogP contribution is 2.40. The third-order valence-electron chi connectivity index (χ3n) is 6.44. The number of nitrogens with zero attached hydrogens (tertiary/aromatic N) is 5. The normalized spacial score (nSPS) is 22.2. The first-order valence-electron chi connectivity index (χ1n) is 10.9. The molecule has 7 heteroatoms. The molecule has 7 nitrogen and oxygen atoms in total. The van der Waals surface area contributed by atoms with Crippen molar-refractivity contribution in [2.24, 2.45) is 7.05 Å². The van der Waals surface area contributed by atoms with Gasteiger partial charge in [-0.1, -0.05) is 18.2 Å². The van der Waals surface area contributed by atoms with Crippen molar-refractivity contribution in [3.63, 3.8) is 0 Å². The Bertz CT molecular complexity index is 1010. The highest BCUT2D eigenvalue weighted by molar-refractivity contribution is 5.92. The first-order chi connectivity index (χ1) is 15.2. The number of amides is 1. The summed E-state index contributed by atoms with van der Waals surface area (Å²) in [4.78, 5) is 21.5. The maximum atomic E-state index is 12.8. The molecule has 1 amide bonds. The number of aromatic nitrogens is 3. The average molecular weight is 418 g/mol. The van der Waals surface area contributed by atoms with Crippen LogP contribution in [0.4, 0.5) is 0 Å².